The van der Waals surface area contributed by atoms with Crippen molar-refractivity contribution in [2.24, 2.45) is 0 Å². The van der Waals surface area contributed by atoms with Crippen molar-refractivity contribution in [1.29, 1.82) is 0 Å². The highest BCUT2D eigenvalue weighted by Crippen LogP contribution is 2.14. The Morgan fingerprint density at radius 3 is 0.955 bits per heavy atom. The van der Waals surface area contributed by atoms with Crippen molar-refractivity contribution < 1.29 is 28.6 Å². The van der Waals surface area contributed by atoms with Gasteiger partial charge in [-0.15, -0.1) is 0 Å². The van der Waals surface area contributed by atoms with E-state index in [2.05, 4.69) is 93.7 Å². The first-order valence-electron chi connectivity index (χ1n) is 28.5. The van der Waals surface area contributed by atoms with Gasteiger partial charge in [0.15, 0.2) is 6.10 Å². The van der Waals surface area contributed by atoms with Gasteiger partial charge in [0, 0.05) is 19.3 Å². The summed E-state index contributed by atoms with van der Waals surface area (Å²) in [6, 6.07) is 0. The fraction of sp³-hybridized carbons (Fsp3) is 0.754. The third-order valence-corrected chi connectivity index (χ3v) is 12.2. The molecule has 0 heterocycles. The van der Waals surface area contributed by atoms with Gasteiger partial charge in [0.05, 0.1) is 0 Å². The Morgan fingerprint density at radius 1 is 0.313 bits per heavy atom. The molecule has 0 aromatic rings. The first-order chi connectivity index (χ1) is 33.0. The fourth-order valence-corrected chi connectivity index (χ4v) is 7.87. The lowest BCUT2D eigenvalue weighted by Crippen LogP contribution is -2.30. The Kier molecular flexibility index (Phi) is 52.8. The number of ether oxygens (including phenoxy) is 3. The second-order valence-electron chi connectivity index (χ2n) is 18.9. The van der Waals surface area contributed by atoms with Gasteiger partial charge >= 0.3 is 17.9 Å². The molecule has 0 fully saturated rings. The smallest absolute Gasteiger partial charge is 0.306 e. The zero-order valence-electron chi connectivity index (χ0n) is 44.2. The van der Waals surface area contributed by atoms with Crippen LogP contribution in [0.15, 0.2) is 72.9 Å². The van der Waals surface area contributed by atoms with Gasteiger partial charge in [0.2, 0.25) is 0 Å². The van der Waals surface area contributed by atoms with E-state index in [-0.39, 0.29) is 37.5 Å². The van der Waals surface area contributed by atoms with E-state index in [9.17, 15) is 14.4 Å². The number of carbonyl (C=O) groups is 3. The Morgan fingerprint density at radius 2 is 0.582 bits per heavy atom. The van der Waals surface area contributed by atoms with E-state index in [1.165, 1.54) is 141 Å². The van der Waals surface area contributed by atoms with E-state index in [4.69, 9.17) is 14.2 Å². The van der Waals surface area contributed by atoms with Crippen LogP contribution in [0.5, 0.6) is 0 Å². The van der Waals surface area contributed by atoms with Crippen molar-refractivity contribution in [3.63, 3.8) is 0 Å². The Labute approximate surface area is 414 Å². The Hall–Kier alpha value is -3.15. The number of esters is 3. The van der Waals surface area contributed by atoms with E-state index in [1.54, 1.807) is 0 Å². The van der Waals surface area contributed by atoms with Crippen LogP contribution in [0.1, 0.15) is 278 Å². The summed E-state index contributed by atoms with van der Waals surface area (Å²) < 4.78 is 16.8. The molecular formula is C61H106O6. The molecular weight excluding hydrogens is 829 g/mol. The molecule has 1 unspecified atom stereocenters. The third kappa shape index (κ3) is 53.7. The van der Waals surface area contributed by atoms with Crippen LogP contribution in [-0.4, -0.2) is 37.2 Å². The number of hydrogen-bond acceptors (Lipinski definition) is 6. The van der Waals surface area contributed by atoms with Crippen LogP contribution < -0.4 is 0 Å². The van der Waals surface area contributed by atoms with Crippen LogP contribution in [0, 0.1) is 0 Å². The van der Waals surface area contributed by atoms with Gasteiger partial charge in [-0.05, 0) is 103 Å². The predicted molar refractivity (Wildman–Crippen MR) is 288 cm³/mol. The molecule has 0 aromatic carbocycles. The maximum atomic E-state index is 12.8. The minimum absolute atomic E-state index is 0.0986. The lowest BCUT2D eigenvalue weighted by molar-refractivity contribution is -0.167. The van der Waals surface area contributed by atoms with Gasteiger partial charge in [-0.1, -0.05) is 229 Å². The second-order valence-corrected chi connectivity index (χ2v) is 18.9. The number of hydrogen-bond donors (Lipinski definition) is 0. The number of unbranched alkanes of at least 4 members (excludes halogenated alkanes) is 30. The van der Waals surface area contributed by atoms with Crippen molar-refractivity contribution in [1.82, 2.24) is 0 Å². The first kappa shape index (κ1) is 63.8. The van der Waals surface area contributed by atoms with Crippen molar-refractivity contribution in [2.45, 2.75) is 284 Å². The highest BCUT2D eigenvalue weighted by Gasteiger charge is 2.19. The van der Waals surface area contributed by atoms with Crippen LogP contribution in [0.4, 0.5) is 0 Å². The standard InChI is InChI=1S/C61H106O6/c1-4-7-10-13-16-19-22-25-28-31-34-36-39-42-45-48-51-54-60(63)66-57-58(67-61(64)55-52-49-46-43-40-37-33-30-27-24-21-18-15-12-9-6-3)56-65-59(62)53-50-47-44-41-38-35-32-29-26-23-20-17-14-11-8-5-2/h16,19,25,28-30,32-33,35,37-38,40,58H,4-15,17-18,20-24,26-27,31,34,36,39,41-57H2,1-3H3/b19-16-,28-25-,32-29-,33-30-,38-35-,40-37-. The molecule has 0 radical (unpaired) electrons. The van der Waals surface area contributed by atoms with E-state index in [0.29, 0.717) is 12.8 Å². The first-order valence-corrected chi connectivity index (χ1v) is 28.5. The topological polar surface area (TPSA) is 78.9 Å². The molecule has 0 aliphatic heterocycles. The molecule has 0 amide bonds. The molecule has 0 aliphatic rings. The van der Waals surface area contributed by atoms with Crippen LogP contribution in [-0.2, 0) is 28.6 Å². The number of carbonyl (C=O) groups excluding carboxylic acids is 3. The van der Waals surface area contributed by atoms with Gasteiger partial charge in [-0.25, -0.2) is 0 Å². The molecule has 386 valence electrons. The zero-order chi connectivity index (χ0) is 48.6. The summed E-state index contributed by atoms with van der Waals surface area (Å²) in [6.07, 6.45) is 70.3. The maximum absolute atomic E-state index is 12.8. The molecule has 0 rings (SSSR count). The molecule has 1 atom stereocenters. The average Bonchev–Trinajstić information content (AvgIpc) is 3.33. The van der Waals surface area contributed by atoms with Crippen molar-refractivity contribution >= 4 is 17.9 Å². The summed E-state index contributed by atoms with van der Waals surface area (Å²) >= 11 is 0. The minimum Gasteiger partial charge on any atom is -0.462 e. The lowest BCUT2D eigenvalue weighted by atomic mass is 10.1. The zero-order valence-corrected chi connectivity index (χ0v) is 44.2. The van der Waals surface area contributed by atoms with Gasteiger partial charge < -0.3 is 14.2 Å². The molecule has 0 N–H and O–H groups in total. The van der Waals surface area contributed by atoms with Crippen LogP contribution in [0.2, 0.25) is 0 Å². The summed E-state index contributed by atoms with van der Waals surface area (Å²) in [5.74, 6) is -0.953. The van der Waals surface area contributed by atoms with E-state index in [0.717, 1.165) is 96.3 Å². The SMILES string of the molecule is CCCCC/C=C\C/C=C\CCCCCCCCCC(=O)OCC(COC(=O)CCCCC/C=C\C=C/CCCCCCCCC)OC(=O)CCCCC/C=C\C=C/CCCCCCCCC. The average molecular weight is 936 g/mol. The van der Waals surface area contributed by atoms with Gasteiger partial charge in [0.25, 0.3) is 0 Å². The molecule has 6 heteroatoms. The van der Waals surface area contributed by atoms with Crippen LogP contribution >= 0.6 is 0 Å². The summed E-state index contributed by atoms with van der Waals surface area (Å²) in [5.41, 5.74) is 0. The maximum Gasteiger partial charge on any atom is 0.306 e. The summed E-state index contributed by atoms with van der Waals surface area (Å²) in [5, 5.41) is 0. The van der Waals surface area contributed by atoms with Gasteiger partial charge in [-0.3, -0.25) is 14.4 Å². The van der Waals surface area contributed by atoms with Crippen LogP contribution in [0.25, 0.3) is 0 Å². The van der Waals surface area contributed by atoms with E-state index < -0.39 is 6.10 Å². The summed E-state index contributed by atoms with van der Waals surface area (Å²) in [4.78, 5) is 38.1. The molecule has 0 saturated carbocycles. The second kappa shape index (κ2) is 55.4. The number of allylic oxidation sites excluding steroid dienone is 12. The van der Waals surface area contributed by atoms with Crippen molar-refractivity contribution in [3.05, 3.63) is 72.9 Å². The van der Waals surface area contributed by atoms with Gasteiger partial charge in [0.1, 0.15) is 13.2 Å². The quantitative estimate of drug-likeness (QED) is 0.0199. The monoisotopic (exact) mass is 935 g/mol. The van der Waals surface area contributed by atoms with E-state index >= 15 is 0 Å². The largest absolute Gasteiger partial charge is 0.462 e. The number of rotatable bonds is 51. The van der Waals surface area contributed by atoms with Crippen molar-refractivity contribution in [3.8, 4) is 0 Å². The molecule has 0 aromatic heterocycles. The Balaban J connectivity index is 4.48. The van der Waals surface area contributed by atoms with Gasteiger partial charge in [-0.2, -0.15) is 0 Å². The summed E-state index contributed by atoms with van der Waals surface area (Å²) in [7, 11) is 0. The van der Waals surface area contributed by atoms with E-state index in [1.807, 2.05) is 0 Å². The Bertz CT molecular complexity index is 1260. The molecule has 0 saturated heterocycles. The molecule has 0 bridgehead atoms. The predicted octanol–water partition coefficient (Wildman–Crippen LogP) is 19.0. The normalized spacial score (nSPS) is 12.6. The van der Waals surface area contributed by atoms with Crippen molar-refractivity contribution in [2.75, 3.05) is 13.2 Å². The minimum atomic E-state index is -0.804. The van der Waals surface area contributed by atoms with Crippen LogP contribution in [0.3, 0.4) is 0 Å². The summed E-state index contributed by atoms with van der Waals surface area (Å²) in [6.45, 7) is 6.57. The molecule has 67 heavy (non-hydrogen) atoms. The lowest BCUT2D eigenvalue weighted by Gasteiger charge is -2.18. The molecule has 0 aliphatic carbocycles. The highest BCUT2D eigenvalue weighted by atomic mass is 16.6. The fourth-order valence-electron chi connectivity index (χ4n) is 7.87. The molecule has 0 spiro atoms. The highest BCUT2D eigenvalue weighted by molar-refractivity contribution is 5.71. The molecule has 6 nitrogen and oxygen atoms in total. The third-order valence-electron chi connectivity index (χ3n) is 12.2.